The molecule has 0 aliphatic carbocycles. The third kappa shape index (κ3) is 11.0. The average molecular weight is 955 g/mol. The van der Waals surface area contributed by atoms with E-state index in [9.17, 15) is 41.0 Å². The number of rotatable bonds is 11. The number of carboxylic acid groups (broad SMARTS) is 1. The molecular formula is C46H41ClF6N6O6S. The molecule has 346 valence electrons. The van der Waals surface area contributed by atoms with Crippen LogP contribution in [0.4, 0.5) is 26.3 Å². The molecule has 6 heterocycles. The maximum Gasteiger partial charge on any atom is 0.392 e. The van der Waals surface area contributed by atoms with Crippen LogP contribution in [0.5, 0.6) is 17.6 Å². The van der Waals surface area contributed by atoms with Gasteiger partial charge in [0.2, 0.25) is 17.9 Å². The van der Waals surface area contributed by atoms with Crippen LogP contribution in [0.3, 0.4) is 0 Å². The standard InChI is InChI=1S/C46H41ClF6N6O6S/c1-26-33-8-5-29(39(26)47)23-59(18-17-58-15-11-45(49,50)12-16-58)36(60)21-27-2-9-34(64-24-32-10-14-54-44(57-32)63-19-13-46(51,52)53)30(20-27)22-35(43(61)62)65-41-38-37(33)40(66-42(38)56-25-55-41)28-3-6-31(48)7-4-28/h2-10,14,20,25,35H,11-13,15-19,21-24H2,1H3,(H,61,62)/t35-/m1/s1. The van der Waals surface area contributed by atoms with Gasteiger partial charge >= 0.3 is 18.2 Å². The van der Waals surface area contributed by atoms with Crippen LogP contribution in [0.2, 0.25) is 5.02 Å². The first kappa shape index (κ1) is 46.5. The van der Waals surface area contributed by atoms with Gasteiger partial charge in [0.1, 0.15) is 35.9 Å². The quantitative estimate of drug-likeness (QED) is 0.124. The van der Waals surface area contributed by atoms with Gasteiger partial charge in [-0.2, -0.15) is 18.2 Å². The van der Waals surface area contributed by atoms with Crippen molar-refractivity contribution in [3.63, 3.8) is 0 Å². The van der Waals surface area contributed by atoms with Crippen molar-refractivity contribution >= 4 is 45.0 Å². The van der Waals surface area contributed by atoms with Gasteiger partial charge in [-0.1, -0.05) is 48.0 Å². The van der Waals surface area contributed by atoms with Gasteiger partial charge in [-0.05, 0) is 64.6 Å². The molecule has 12 nitrogen and oxygen atoms in total. The van der Waals surface area contributed by atoms with Crippen LogP contribution in [-0.4, -0.2) is 97.7 Å². The maximum absolute atomic E-state index is 14.4. The van der Waals surface area contributed by atoms with Gasteiger partial charge in [-0.3, -0.25) is 4.79 Å². The Morgan fingerprint density at radius 3 is 2.52 bits per heavy atom. The highest BCUT2D eigenvalue weighted by molar-refractivity contribution is 7.22. The second-order valence-electron chi connectivity index (χ2n) is 16.0. The first-order valence-electron chi connectivity index (χ1n) is 20.9. The lowest BCUT2D eigenvalue weighted by Gasteiger charge is -2.33. The smallest absolute Gasteiger partial charge is 0.392 e. The van der Waals surface area contributed by atoms with Gasteiger partial charge in [0.25, 0.3) is 5.92 Å². The number of nitrogens with zero attached hydrogens (tertiary/aromatic N) is 6. The number of alkyl halides is 5. The summed E-state index contributed by atoms with van der Waals surface area (Å²) in [5.41, 5.74) is 4.11. The lowest BCUT2D eigenvalue weighted by molar-refractivity contribution is -0.145. The number of halogens is 7. The topological polar surface area (TPSA) is 140 Å². The Morgan fingerprint density at radius 2 is 1.77 bits per heavy atom. The number of aliphatic carboxylic acids is 1. The highest BCUT2D eigenvalue weighted by Gasteiger charge is 2.35. The minimum atomic E-state index is -4.44. The Balaban J connectivity index is 1.20. The molecule has 66 heavy (non-hydrogen) atoms. The van der Waals surface area contributed by atoms with Gasteiger partial charge in [-0.25, -0.2) is 32.9 Å². The number of hydrogen-bond acceptors (Lipinski definition) is 11. The molecule has 4 bridgehead atoms. The zero-order valence-corrected chi connectivity index (χ0v) is 36.8. The van der Waals surface area contributed by atoms with Crippen molar-refractivity contribution in [2.45, 2.75) is 70.4 Å². The van der Waals surface area contributed by atoms with E-state index in [1.165, 1.54) is 42.1 Å². The number of carboxylic acids is 1. The molecule has 20 heteroatoms. The van der Waals surface area contributed by atoms with Crippen LogP contribution >= 0.6 is 22.9 Å². The number of aromatic nitrogens is 4. The maximum atomic E-state index is 14.4. The number of benzene rings is 3. The largest absolute Gasteiger partial charge is 0.487 e. The van der Waals surface area contributed by atoms with Crippen molar-refractivity contribution in [2.75, 3.05) is 32.8 Å². The molecule has 3 aromatic heterocycles. The molecule has 0 unspecified atom stereocenters. The Kier molecular flexibility index (Phi) is 13.7. The summed E-state index contributed by atoms with van der Waals surface area (Å²) in [6, 6.07) is 15.5. The number of carbonyl (C=O) groups is 2. The summed E-state index contributed by atoms with van der Waals surface area (Å²) >= 11 is 8.47. The predicted octanol–water partition coefficient (Wildman–Crippen LogP) is 9.52. The summed E-state index contributed by atoms with van der Waals surface area (Å²) in [6.45, 7) is 1.82. The first-order valence-corrected chi connectivity index (χ1v) is 22.0. The molecule has 0 radical (unpaired) electrons. The molecule has 3 aliphatic rings. The van der Waals surface area contributed by atoms with Crippen molar-refractivity contribution in [3.8, 4) is 39.2 Å². The van der Waals surface area contributed by atoms with E-state index in [1.807, 2.05) is 17.9 Å². The Bertz CT molecular complexity index is 2750. The number of fused-ring (bicyclic) bond motifs is 7. The fourth-order valence-corrected chi connectivity index (χ4v) is 9.21. The normalized spacial score (nSPS) is 16.8. The number of likely N-dealkylation sites (tertiary alicyclic amines) is 1. The summed E-state index contributed by atoms with van der Waals surface area (Å²) in [6.07, 6.45) is -5.71. The monoisotopic (exact) mass is 954 g/mol. The summed E-state index contributed by atoms with van der Waals surface area (Å²) in [7, 11) is 0. The molecule has 1 saturated heterocycles. The van der Waals surface area contributed by atoms with Gasteiger partial charge in [-0.15, -0.1) is 11.3 Å². The summed E-state index contributed by atoms with van der Waals surface area (Å²) in [5, 5.41) is 11.5. The molecule has 0 saturated carbocycles. The number of carbonyl (C=O) groups excluding carboxylic acids is 1. The number of hydrogen-bond donors (Lipinski definition) is 1. The van der Waals surface area contributed by atoms with Crippen LogP contribution in [0.1, 0.15) is 47.2 Å². The van der Waals surface area contributed by atoms with E-state index in [0.29, 0.717) is 65.6 Å². The fourth-order valence-electron chi connectivity index (χ4n) is 7.83. The third-order valence-corrected chi connectivity index (χ3v) is 13.1. The fraction of sp³-hybridized carbons (Fsp3) is 0.348. The van der Waals surface area contributed by atoms with Gasteiger partial charge in [0.05, 0.1) is 23.9 Å². The number of ether oxygens (including phenoxy) is 3. The Labute approximate surface area is 383 Å². The van der Waals surface area contributed by atoms with Crippen molar-refractivity contribution in [1.82, 2.24) is 29.7 Å². The van der Waals surface area contributed by atoms with Crippen LogP contribution in [0, 0.1) is 12.7 Å². The first-order chi connectivity index (χ1) is 31.5. The number of amides is 1. The Hall–Kier alpha value is -6.05. The van der Waals surface area contributed by atoms with E-state index >= 15 is 0 Å². The van der Waals surface area contributed by atoms with Gasteiger partial charge in [0.15, 0.2) is 0 Å². The summed E-state index contributed by atoms with van der Waals surface area (Å²) < 4.78 is 98.2. The molecule has 1 atom stereocenters. The number of piperidine rings is 1. The van der Waals surface area contributed by atoms with E-state index in [4.69, 9.17) is 25.8 Å². The molecular weight excluding hydrogens is 914 g/mol. The zero-order chi connectivity index (χ0) is 46.8. The van der Waals surface area contributed by atoms with E-state index in [0.717, 1.165) is 0 Å². The van der Waals surface area contributed by atoms with Crippen molar-refractivity contribution < 1.29 is 55.2 Å². The van der Waals surface area contributed by atoms with E-state index < -0.39 is 43.0 Å². The molecule has 1 N–H and O–H groups in total. The summed E-state index contributed by atoms with van der Waals surface area (Å²) in [5.74, 6) is -4.73. The van der Waals surface area contributed by atoms with E-state index in [1.54, 1.807) is 41.3 Å². The summed E-state index contributed by atoms with van der Waals surface area (Å²) in [4.78, 5) is 49.2. The van der Waals surface area contributed by atoms with Gasteiger partial charge in [0, 0.05) is 73.6 Å². The molecule has 1 fully saturated rings. The highest BCUT2D eigenvalue weighted by Crippen LogP contribution is 2.49. The third-order valence-electron chi connectivity index (χ3n) is 11.4. The van der Waals surface area contributed by atoms with Crippen LogP contribution in [-0.2, 0) is 35.6 Å². The lowest BCUT2D eigenvalue weighted by Crippen LogP contribution is -2.44. The second kappa shape index (κ2) is 19.4. The van der Waals surface area contributed by atoms with Crippen molar-refractivity contribution in [2.24, 2.45) is 0 Å². The van der Waals surface area contributed by atoms with Crippen molar-refractivity contribution in [3.05, 3.63) is 112 Å². The number of thiophene rings is 1. The zero-order valence-electron chi connectivity index (χ0n) is 35.2. The van der Waals surface area contributed by atoms with Crippen molar-refractivity contribution in [1.29, 1.82) is 0 Å². The molecule has 3 aliphatic heterocycles. The SMILES string of the molecule is Cc1c2ccc(c1Cl)CN(CCN1CCC(F)(F)CC1)C(=O)Cc1ccc(OCc3ccnc(OCCC(F)(F)F)n3)c(c1)C[C@H](C(=O)O)Oc1ncnc3sc(-c4ccc(F)cc4)c-2c13. The van der Waals surface area contributed by atoms with E-state index in [-0.39, 0.29) is 87.7 Å². The average Bonchev–Trinajstić information content (AvgIpc) is 3.66. The van der Waals surface area contributed by atoms with Crippen LogP contribution in [0.25, 0.3) is 31.8 Å². The second-order valence-corrected chi connectivity index (χ2v) is 17.4. The van der Waals surface area contributed by atoms with Crippen LogP contribution in [0.15, 0.2) is 73.2 Å². The molecule has 9 rings (SSSR count). The Morgan fingerprint density at radius 1 is 1.00 bits per heavy atom. The van der Waals surface area contributed by atoms with Crippen LogP contribution < -0.4 is 14.2 Å². The predicted molar refractivity (Wildman–Crippen MR) is 232 cm³/mol. The molecule has 0 spiro atoms. The molecule has 3 aromatic carbocycles. The van der Waals surface area contributed by atoms with Gasteiger partial charge < -0.3 is 29.1 Å². The lowest BCUT2D eigenvalue weighted by atomic mass is 9.94. The highest BCUT2D eigenvalue weighted by atomic mass is 35.5. The van der Waals surface area contributed by atoms with E-state index in [2.05, 4.69) is 19.9 Å². The minimum Gasteiger partial charge on any atom is -0.487 e. The molecule has 1 amide bonds. The minimum absolute atomic E-state index is 0.0505. The molecule has 6 aromatic rings.